The normalized spacial score (nSPS) is 12.0. The number of aliphatic imine (C=N–C) groups is 1. The van der Waals surface area contributed by atoms with Crippen LogP contribution in [0.15, 0.2) is 125 Å². The highest BCUT2D eigenvalue weighted by atomic mass is 79.9. The molecule has 4 aromatic carbocycles. The predicted octanol–water partition coefficient (Wildman–Crippen LogP) is 7.11. The van der Waals surface area contributed by atoms with Crippen LogP contribution in [-0.2, 0) is 6.42 Å². The summed E-state index contributed by atoms with van der Waals surface area (Å²) in [4.78, 5) is 4.77. The minimum Gasteiger partial charge on any atom is -0.383 e. The zero-order valence-electron chi connectivity index (χ0n) is 17.1. The Bertz CT molecular complexity index is 1190. The summed E-state index contributed by atoms with van der Waals surface area (Å²) < 4.78 is 1.01. The third-order valence-electron chi connectivity index (χ3n) is 5.02. The Morgan fingerprint density at radius 2 is 1.32 bits per heavy atom. The van der Waals surface area contributed by atoms with Gasteiger partial charge in [0, 0.05) is 15.6 Å². The molecule has 0 amide bonds. The Kier molecular flexibility index (Phi) is 6.75. The highest BCUT2D eigenvalue weighted by Crippen LogP contribution is 2.23. The Balaban J connectivity index is 1.62. The molecule has 0 spiro atoms. The number of hydrogen-bond acceptors (Lipinski definition) is 1. The van der Waals surface area contributed by atoms with Crippen LogP contribution in [0.4, 0.5) is 0 Å². The highest BCUT2D eigenvalue weighted by molar-refractivity contribution is 9.10. The van der Waals surface area contributed by atoms with E-state index in [0.29, 0.717) is 5.84 Å². The van der Waals surface area contributed by atoms with Crippen molar-refractivity contribution in [3.8, 4) is 11.1 Å². The lowest BCUT2D eigenvalue weighted by Gasteiger charge is -2.08. The highest BCUT2D eigenvalue weighted by Gasteiger charge is 2.05. The first-order valence-corrected chi connectivity index (χ1v) is 11.0. The second kappa shape index (κ2) is 10.1. The van der Waals surface area contributed by atoms with Crippen molar-refractivity contribution in [2.75, 3.05) is 0 Å². The average molecular weight is 467 g/mol. The van der Waals surface area contributed by atoms with Gasteiger partial charge in [-0.2, -0.15) is 0 Å². The quantitative estimate of drug-likeness (QED) is 0.238. The number of nitrogens with zero attached hydrogens (tertiary/aromatic N) is 1. The van der Waals surface area contributed by atoms with Crippen molar-refractivity contribution >= 4 is 27.5 Å². The van der Waals surface area contributed by atoms with Crippen LogP contribution in [0.5, 0.6) is 0 Å². The molecule has 4 rings (SSSR count). The summed E-state index contributed by atoms with van der Waals surface area (Å²) >= 11 is 3.56. The summed E-state index contributed by atoms with van der Waals surface area (Å²) in [6.07, 6.45) is 2.90. The predicted molar refractivity (Wildman–Crippen MR) is 135 cm³/mol. The Morgan fingerprint density at radius 1 is 0.710 bits per heavy atom. The van der Waals surface area contributed by atoms with E-state index >= 15 is 0 Å². The standard InChI is InChI=1S/C28H23BrN2/c29-26-13-7-12-25(20-26)27(31-28(30)24-10-5-2-6-11-24)19-16-21-14-17-23(18-15-21)22-8-3-1-4-9-22/h1-15,17-20H,16H2,(H2,30,31)/b27-19-. The van der Waals surface area contributed by atoms with Gasteiger partial charge >= 0.3 is 0 Å². The molecule has 0 saturated heterocycles. The first kappa shape index (κ1) is 20.8. The molecule has 31 heavy (non-hydrogen) atoms. The topological polar surface area (TPSA) is 38.4 Å². The summed E-state index contributed by atoms with van der Waals surface area (Å²) in [5.74, 6) is 0.506. The molecule has 0 radical (unpaired) electrons. The smallest absolute Gasteiger partial charge is 0.131 e. The van der Waals surface area contributed by atoms with E-state index in [4.69, 9.17) is 10.7 Å². The summed E-state index contributed by atoms with van der Waals surface area (Å²) in [5, 5.41) is 0. The van der Waals surface area contributed by atoms with E-state index < -0.39 is 0 Å². The molecule has 0 aliphatic rings. The second-order valence-electron chi connectivity index (χ2n) is 7.23. The van der Waals surface area contributed by atoms with Crippen LogP contribution in [0, 0.1) is 0 Å². The van der Waals surface area contributed by atoms with E-state index in [0.717, 1.165) is 27.7 Å². The maximum atomic E-state index is 6.32. The Hall–Kier alpha value is -3.43. The lowest BCUT2D eigenvalue weighted by atomic mass is 10.0. The molecule has 4 aromatic rings. The minimum absolute atomic E-state index is 0.506. The number of halogens is 1. The van der Waals surface area contributed by atoms with Crippen molar-refractivity contribution in [2.45, 2.75) is 6.42 Å². The maximum absolute atomic E-state index is 6.32. The number of hydrogen-bond donors (Lipinski definition) is 1. The van der Waals surface area contributed by atoms with Gasteiger partial charge < -0.3 is 5.73 Å². The number of allylic oxidation sites excluding steroid dienone is 1. The maximum Gasteiger partial charge on any atom is 0.131 e. The fraction of sp³-hybridized carbons (Fsp3) is 0.0357. The summed E-state index contributed by atoms with van der Waals surface area (Å²) in [7, 11) is 0. The molecule has 0 aromatic heterocycles. The molecule has 0 unspecified atom stereocenters. The summed E-state index contributed by atoms with van der Waals surface area (Å²) in [6.45, 7) is 0. The van der Waals surface area contributed by atoms with Gasteiger partial charge in [-0.25, -0.2) is 4.99 Å². The molecule has 152 valence electrons. The van der Waals surface area contributed by atoms with Crippen LogP contribution >= 0.6 is 15.9 Å². The van der Waals surface area contributed by atoms with Crippen LogP contribution in [0.1, 0.15) is 16.7 Å². The summed E-state index contributed by atoms with van der Waals surface area (Å²) in [6, 6.07) is 37.1. The lowest BCUT2D eigenvalue weighted by Crippen LogP contribution is -2.13. The number of amidine groups is 1. The van der Waals surface area contributed by atoms with Crippen LogP contribution in [-0.4, -0.2) is 5.84 Å². The molecule has 0 fully saturated rings. The van der Waals surface area contributed by atoms with E-state index in [9.17, 15) is 0 Å². The zero-order chi connectivity index (χ0) is 21.5. The molecular formula is C28H23BrN2. The number of benzene rings is 4. The Morgan fingerprint density at radius 3 is 2.00 bits per heavy atom. The molecule has 0 bridgehead atoms. The van der Waals surface area contributed by atoms with E-state index in [1.54, 1.807) is 0 Å². The van der Waals surface area contributed by atoms with Crippen molar-refractivity contribution in [3.63, 3.8) is 0 Å². The first-order chi connectivity index (χ1) is 15.2. The van der Waals surface area contributed by atoms with Gasteiger partial charge in [0.2, 0.25) is 0 Å². The van der Waals surface area contributed by atoms with Crippen molar-refractivity contribution in [2.24, 2.45) is 10.7 Å². The van der Waals surface area contributed by atoms with Gasteiger partial charge in [0.1, 0.15) is 5.84 Å². The monoisotopic (exact) mass is 466 g/mol. The van der Waals surface area contributed by atoms with Gasteiger partial charge in [-0.3, -0.25) is 0 Å². The number of rotatable bonds is 6. The van der Waals surface area contributed by atoms with Crippen LogP contribution in [0.25, 0.3) is 16.8 Å². The fourth-order valence-corrected chi connectivity index (χ4v) is 3.76. The van der Waals surface area contributed by atoms with E-state index in [1.807, 2.05) is 48.5 Å². The lowest BCUT2D eigenvalue weighted by molar-refractivity contribution is 1.26. The molecule has 0 heterocycles. The minimum atomic E-state index is 0.506. The van der Waals surface area contributed by atoms with Gasteiger partial charge in [0.15, 0.2) is 0 Å². The van der Waals surface area contributed by atoms with Crippen LogP contribution in [0.3, 0.4) is 0 Å². The van der Waals surface area contributed by atoms with E-state index in [-0.39, 0.29) is 0 Å². The molecule has 2 N–H and O–H groups in total. The molecular weight excluding hydrogens is 444 g/mol. The third kappa shape index (κ3) is 5.59. The molecule has 0 atom stereocenters. The van der Waals surface area contributed by atoms with Gasteiger partial charge in [-0.15, -0.1) is 0 Å². The van der Waals surface area contributed by atoms with E-state index in [1.165, 1.54) is 16.7 Å². The SMILES string of the molecule is NC(=N/C(=C\Cc1ccc(-c2ccccc2)cc1)c1cccc(Br)c1)c1ccccc1. The fourth-order valence-electron chi connectivity index (χ4n) is 3.36. The van der Waals surface area contributed by atoms with Crippen molar-refractivity contribution in [1.29, 1.82) is 0 Å². The van der Waals surface area contributed by atoms with Crippen LogP contribution in [0.2, 0.25) is 0 Å². The van der Waals surface area contributed by atoms with Gasteiger partial charge in [0.05, 0.1) is 5.70 Å². The van der Waals surface area contributed by atoms with Crippen molar-refractivity contribution in [1.82, 2.24) is 0 Å². The van der Waals surface area contributed by atoms with Gasteiger partial charge in [-0.05, 0) is 35.2 Å². The van der Waals surface area contributed by atoms with Gasteiger partial charge in [0.25, 0.3) is 0 Å². The van der Waals surface area contributed by atoms with Gasteiger partial charge in [-0.1, -0.05) is 119 Å². The molecule has 0 aliphatic heterocycles. The molecule has 0 aliphatic carbocycles. The average Bonchev–Trinajstić information content (AvgIpc) is 2.83. The third-order valence-corrected chi connectivity index (χ3v) is 5.52. The zero-order valence-corrected chi connectivity index (χ0v) is 18.7. The second-order valence-corrected chi connectivity index (χ2v) is 8.15. The van der Waals surface area contributed by atoms with Crippen molar-refractivity contribution < 1.29 is 0 Å². The summed E-state index contributed by atoms with van der Waals surface area (Å²) in [5.41, 5.74) is 12.8. The van der Waals surface area contributed by atoms with Crippen molar-refractivity contribution in [3.05, 3.63) is 136 Å². The largest absolute Gasteiger partial charge is 0.383 e. The number of nitrogens with two attached hydrogens (primary N) is 1. The molecule has 0 saturated carbocycles. The van der Waals surface area contributed by atoms with Crippen LogP contribution < -0.4 is 5.73 Å². The molecule has 2 nitrogen and oxygen atoms in total. The Labute approximate surface area is 191 Å². The molecule has 3 heteroatoms. The van der Waals surface area contributed by atoms with E-state index in [2.05, 4.69) is 82.7 Å². The first-order valence-electron chi connectivity index (χ1n) is 10.2.